The van der Waals surface area contributed by atoms with Crippen molar-refractivity contribution in [3.63, 3.8) is 0 Å². The van der Waals surface area contributed by atoms with Gasteiger partial charge in [-0.3, -0.25) is 14.6 Å². The van der Waals surface area contributed by atoms with Crippen LogP contribution in [0.4, 0.5) is 5.95 Å². The molecule has 1 N–H and O–H groups in total. The number of carbonyl (C=O) groups excluding carboxylic acids is 2. The quantitative estimate of drug-likeness (QED) is 0.774. The van der Waals surface area contributed by atoms with Crippen molar-refractivity contribution in [2.75, 3.05) is 31.1 Å². The summed E-state index contributed by atoms with van der Waals surface area (Å²) in [6.45, 7) is 6.44. The monoisotopic (exact) mass is 416 g/mol. The lowest BCUT2D eigenvalue weighted by Gasteiger charge is -2.36. The summed E-state index contributed by atoms with van der Waals surface area (Å²) in [6, 6.07) is 4.26. The molecule has 3 rings (SSSR count). The van der Waals surface area contributed by atoms with Gasteiger partial charge in [0.1, 0.15) is 11.7 Å². The van der Waals surface area contributed by atoms with Gasteiger partial charge in [0.05, 0.1) is 0 Å². The van der Waals surface area contributed by atoms with Crippen molar-refractivity contribution < 1.29 is 9.59 Å². The van der Waals surface area contributed by atoms with E-state index >= 15 is 0 Å². The third-order valence-corrected chi connectivity index (χ3v) is 4.93. The van der Waals surface area contributed by atoms with E-state index in [-0.39, 0.29) is 17.5 Å². The summed E-state index contributed by atoms with van der Waals surface area (Å²) in [5, 5.41) is 3.27. The molecule has 2 amide bonds. The molecule has 29 heavy (non-hydrogen) atoms. The van der Waals surface area contributed by atoms with Gasteiger partial charge in [-0.25, -0.2) is 9.97 Å². The Balaban J connectivity index is 1.64. The molecule has 0 aromatic carbocycles. The van der Waals surface area contributed by atoms with Gasteiger partial charge >= 0.3 is 0 Å². The number of nitrogens with zero attached hydrogens (tertiary/aromatic N) is 5. The second-order valence-corrected chi connectivity index (χ2v) is 7.81. The number of hydrogen-bond donors (Lipinski definition) is 1. The van der Waals surface area contributed by atoms with Crippen LogP contribution in [0.5, 0.6) is 0 Å². The van der Waals surface area contributed by atoms with Gasteiger partial charge in [0, 0.05) is 49.8 Å². The minimum Gasteiger partial charge on any atom is -0.339 e. The average Bonchev–Trinajstić information content (AvgIpc) is 2.73. The fourth-order valence-corrected chi connectivity index (χ4v) is 3.42. The SMILES string of the molecule is CC(C)C[C@H](NC(=O)c1cc(Cl)ccn1)C(=O)N1CCN(c2ncccn2)CC1. The highest BCUT2D eigenvalue weighted by atomic mass is 35.5. The van der Waals surface area contributed by atoms with Crippen LogP contribution in [0.15, 0.2) is 36.8 Å². The molecule has 0 spiro atoms. The first-order chi connectivity index (χ1) is 13.9. The van der Waals surface area contributed by atoms with Crippen LogP contribution < -0.4 is 10.2 Å². The smallest absolute Gasteiger partial charge is 0.270 e. The van der Waals surface area contributed by atoms with Crippen molar-refractivity contribution in [3.8, 4) is 0 Å². The van der Waals surface area contributed by atoms with Crippen molar-refractivity contribution in [3.05, 3.63) is 47.5 Å². The number of amides is 2. The Bertz CT molecular complexity index is 840. The third-order valence-electron chi connectivity index (χ3n) is 4.69. The summed E-state index contributed by atoms with van der Waals surface area (Å²) >= 11 is 5.95. The average molecular weight is 417 g/mol. The van der Waals surface area contributed by atoms with Crippen molar-refractivity contribution >= 4 is 29.4 Å². The summed E-state index contributed by atoms with van der Waals surface area (Å²) in [5.74, 6) is 0.430. The molecule has 9 heteroatoms. The fraction of sp³-hybridized carbons (Fsp3) is 0.450. The largest absolute Gasteiger partial charge is 0.339 e. The van der Waals surface area contributed by atoms with Gasteiger partial charge in [-0.2, -0.15) is 0 Å². The van der Waals surface area contributed by atoms with Crippen molar-refractivity contribution in [1.82, 2.24) is 25.2 Å². The van der Waals surface area contributed by atoms with Crippen LogP contribution in [0, 0.1) is 5.92 Å². The first-order valence-corrected chi connectivity index (χ1v) is 10.0. The Labute approximate surface area is 175 Å². The van der Waals surface area contributed by atoms with Crippen molar-refractivity contribution in [1.29, 1.82) is 0 Å². The van der Waals surface area contributed by atoms with Crippen molar-refractivity contribution in [2.24, 2.45) is 5.92 Å². The molecule has 1 fully saturated rings. The molecular weight excluding hydrogens is 392 g/mol. The number of carbonyl (C=O) groups is 2. The Morgan fingerprint density at radius 1 is 1.10 bits per heavy atom. The lowest BCUT2D eigenvalue weighted by atomic mass is 10.0. The van der Waals surface area contributed by atoms with E-state index in [0.29, 0.717) is 43.6 Å². The van der Waals surface area contributed by atoms with E-state index in [1.165, 1.54) is 12.3 Å². The lowest BCUT2D eigenvalue weighted by Crippen LogP contribution is -2.55. The minimum atomic E-state index is -0.609. The third kappa shape index (κ3) is 5.63. The zero-order valence-electron chi connectivity index (χ0n) is 16.6. The molecule has 2 aromatic heterocycles. The zero-order valence-corrected chi connectivity index (χ0v) is 17.3. The second-order valence-electron chi connectivity index (χ2n) is 7.38. The van der Waals surface area contributed by atoms with Crippen LogP contribution in [0.2, 0.25) is 5.02 Å². The molecule has 0 unspecified atom stereocenters. The molecule has 0 radical (unpaired) electrons. The number of halogens is 1. The molecule has 1 aliphatic heterocycles. The van der Waals surface area contributed by atoms with E-state index in [1.54, 1.807) is 29.4 Å². The predicted molar refractivity (Wildman–Crippen MR) is 111 cm³/mol. The molecule has 154 valence electrons. The van der Waals surface area contributed by atoms with Crippen LogP contribution in [-0.4, -0.2) is 63.9 Å². The highest BCUT2D eigenvalue weighted by Crippen LogP contribution is 2.14. The van der Waals surface area contributed by atoms with Crippen LogP contribution in [0.25, 0.3) is 0 Å². The van der Waals surface area contributed by atoms with E-state index in [9.17, 15) is 9.59 Å². The molecule has 2 aromatic rings. The molecule has 1 aliphatic rings. The fourth-order valence-electron chi connectivity index (χ4n) is 3.26. The number of nitrogens with one attached hydrogen (secondary N) is 1. The number of pyridine rings is 1. The van der Waals surface area contributed by atoms with E-state index < -0.39 is 11.9 Å². The van der Waals surface area contributed by atoms with E-state index in [2.05, 4.69) is 25.2 Å². The summed E-state index contributed by atoms with van der Waals surface area (Å²) in [6.07, 6.45) is 5.43. The molecule has 1 atom stereocenters. The lowest BCUT2D eigenvalue weighted by molar-refractivity contribution is -0.134. The second kappa shape index (κ2) is 9.65. The molecule has 3 heterocycles. The maximum absolute atomic E-state index is 13.1. The molecule has 0 saturated carbocycles. The predicted octanol–water partition coefficient (Wildman–Crippen LogP) is 2.02. The van der Waals surface area contributed by atoms with Crippen LogP contribution in [-0.2, 0) is 4.79 Å². The van der Waals surface area contributed by atoms with Gasteiger partial charge < -0.3 is 15.1 Å². The number of anilines is 1. The number of piperazine rings is 1. The highest BCUT2D eigenvalue weighted by Gasteiger charge is 2.30. The first kappa shape index (κ1) is 21.0. The van der Waals surface area contributed by atoms with Crippen LogP contribution >= 0.6 is 11.6 Å². The van der Waals surface area contributed by atoms with Crippen LogP contribution in [0.1, 0.15) is 30.8 Å². The summed E-state index contributed by atoms with van der Waals surface area (Å²) < 4.78 is 0. The molecule has 0 aliphatic carbocycles. The Morgan fingerprint density at radius 3 is 2.41 bits per heavy atom. The van der Waals surface area contributed by atoms with Gasteiger partial charge in [-0.15, -0.1) is 0 Å². The highest BCUT2D eigenvalue weighted by molar-refractivity contribution is 6.30. The van der Waals surface area contributed by atoms with Crippen LogP contribution in [0.3, 0.4) is 0 Å². The van der Waals surface area contributed by atoms with Gasteiger partial charge in [-0.1, -0.05) is 25.4 Å². The Kier molecular flexibility index (Phi) is 6.98. The molecular formula is C20H25ClN6O2. The van der Waals surface area contributed by atoms with Crippen molar-refractivity contribution in [2.45, 2.75) is 26.3 Å². The molecule has 1 saturated heterocycles. The molecule has 8 nitrogen and oxygen atoms in total. The number of aromatic nitrogens is 3. The standard InChI is InChI=1S/C20H25ClN6O2/c1-14(2)12-17(25-18(28)16-13-15(21)4-7-22-16)19(29)26-8-10-27(11-9-26)20-23-5-3-6-24-20/h3-7,13-14,17H,8-12H2,1-2H3,(H,25,28)/t17-/m0/s1. The zero-order chi connectivity index (χ0) is 20.8. The summed E-state index contributed by atoms with van der Waals surface area (Å²) in [4.78, 5) is 42.1. The van der Waals surface area contributed by atoms with E-state index in [0.717, 1.165) is 0 Å². The topological polar surface area (TPSA) is 91.3 Å². The number of rotatable bonds is 6. The number of hydrogen-bond acceptors (Lipinski definition) is 6. The van der Waals surface area contributed by atoms with Gasteiger partial charge in [0.25, 0.3) is 5.91 Å². The normalized spacial score (nSPS) is 15.3. The van der Waals surface area contributed by atoms with E-state index in [4.69, 9.17) is 11.6 Å². The molecule has 0 bridgehead atoms. The van der Waals surface area contributed by atoms with E-state index in [1.807, 2.05) is 13.8 Å². The van der Waals surface area contributed by atoms with Gasteiger partial charge in [0.2, 0.25) is 11.9 Å². The first-order valence-electron chi connectivity index (χ1n) is 9.67. The van der Waals surface area contributed by atoms with Gasteiger partial charge in [0.15, 0.2) is 0 Å². The summed E-state index contributed by atoms with van der Waals surface area (Å²) in [5.41, 5.74) is 0.199. The summed E-state index contributed by atoms with van der Waals surface area (Å²) in [7, 11) is 0. The maximum atomic E-state index is 13.1. The minimum absolute atomic E-state index is 0.0808. The maximum Gasteiger partial charge on any atom is 0.270 e. The Morgan fingerprint density at radius 2 is 1.79 bits per heavy atom. The van der Waals surface area contributed by atoms with Gasteiger partial charge in [-0.05, 0) is 30.5 Å². The Hall–Kier alpha value is -2.74.